The normalized spacial score (nSPS) is 10.3. The fourth-order valence-corrected chi connectivity index (χ4v) is 1.97. The fourth-order valence-electron chi connectivity index (χ4n) is 1.97. The molecule has 0 N–H and O–H groups in total. The smallest absolute Gasteiger partial charge is 0.258 e. The van der Waals surface area contributed by atoms with Crippen LogP contribution in [0.3, 0.4) is 0 Å². The third-order valence-corrected chi connectivity index (χ3v) is 2.87. The van der Waals surface area contributed by atoms with Crippen molar-refractivity contribution in [2.75, 3.05) is 0 Å². The highest BCUT2D eigenvalue weighted by atomic mass is 16.6. The molecule has 0 amide bonds. The van der Waals surface area contributed by atoms with Crippen LogP contribution < -0.4 is 0 Å². The number of rotatable bonds is 2. The van der Waals surface area contributed by atoms with E-state index < -0.39 is 4.92 Å². The van der Waals surface area contributed by atoms with Gasteiger partial charge < -0.3 is 0 Å². The lowest BCUT2D eigenvalue weighted by molar-refractivity contribution is -0.384. The fraction of sp³-hybridized carbons (Fsp3) is 0. The molecule has 0 aliphatic carbocycles. The summed E-state index contributed by atoms with van der Waals surface area (Å²) >= 11 is 0. The lowest BCUT2D eigenvalue weighted by atomic mass is 10.1. The molecule has 96 valence electrons. The minimum absolute atomic E-state index is 0.000116. The van der Waals surface area contributed by atoms with Crippen molar-refractivity contribution < 1.29 is 4.92 Å². The summed E-state index contributed by atoms with van der Waals surface area (Å²) in [6.45, 7) is 0. The summed E-state index contributed by atoms with van der Waals surface area (Å²) in [6.07, 6.45) is 2.97. The Hall–Kier alpha value is -3.27. The first-order chi connectivity index (χ1) is 9.70. The predicted octanol–water partition coefficient (Wildman–Crippen LogP) is 2.18. The van der Waals surface area contributed by atoms with Gasteiger partial charge in [-0.15, -0.1) is 0 Å². The number of fused-ring (bicyclic) bond motifs is 1. The van der Waals surface area contributed by atoms with Gasteiger partial charge in [-0.25, -0.2) is 9.50 Å². The molecule has 7 nitrogen and oxygen atoms in total. The lowest BCUT2D eigenvalue weighted by Crippen LogP contribution is -1.96. The number of aromatic nitrogens is 3. The maximum Gasteiger partial charge on any atom is 0.270 e. The van der Waals surface area contributed by atoms with Gasteiger partial charge in [0.1, 0.15) is 11.6 Å². The van der Waals surface area contributed by atoms with Crippen molar-refractivity contribution in [3.05, 3.63) is 58.4 Å². The number of non-ortho nitro benzene ring substituents is 1. The van der Waals surface area contributed by atoms with Gasteiger partial charge in [0.15, 0.2) is 5.65 Å². The number of nitriles is 1. The Morgan fingerprint density at radius 1 is 1.35 bits per heavy atom. The highest BCUT2D eigenvalue weighted by molar-refractivity contribution is 5.67. The van der Waals surface area contributed by atoms with E-state index in [1.807, 2.05) is 6.07 Å². The van der Waals surface area contributed by atoms with Crippen LogP contribution >= 0.6 is 0 Å². The summed E-state index contributed by atoms with van der Waals surface area (Å²) < 4.78 is 1.50. The van der Waals surface area contributed by atoms with Crippen molar-refractivity contribution >= 4 is 11.3 Å². The van der Waals surface area contributed by atoms with E-state index in [0.29, 0.717) is 22.5 Å². The lowest BCUT2D eigenvalue weighted by Gasteiger charge is -2.04. The molecule has 0 unspecified atom stereocenters. The van der Waals surface area contributed by atoms with E-state index in [2.05, 4.69) is 10.1 Å². The maximum absolute atomic E-state index is 10.8. The molecule has 0 spiro atoms. The highest BCUT2D eigenvalue weighted by Crippen LogP contribution is 2.24. The molecule has 1 aromatic carbocycles. The van der Waals surface area contributed by atoms with Crippen LogP contribution in [-0.4, -0.2) is 19.5 Å². The largest absolute Gasteiger partial charge is 0.270 e. The van der Waals surface area contributed by atoms with E-state index in [9.17, 15) is 10.1 Å². The molecule has 2 aromatic heterocycles. The second-order valence-corrected chi connectivity index (χ2v) is 4.04. The van der Waals surface area contributed by atoms with Gasteiger partial charge in [-0.05, 0) is 6.07 Å². The first-order valence-corrected chi connectivity index (χ1v) is 5.68. The number of nitrogens with zero attached hydrogens (tertiary/aromatic N) is 5. The molecule has 0 saturated carbocycles. The number of nitro groups is 1. The van der Waals surface area contributed by atoms with E-state index in [1.54, 1.807) is 24.4 Å². The van der Waals surface area contributed by atoms with Crippen LogP contribution in [0.2, 0.25) is 0 Å². The van der Waals surface area contributed by atoms with Gasteiger partial charge in [-0.3, -0.25) is 10.1 Å². The SMILES string of the molecule is N#Cc1cnn2c(-c3cccc([N+](=O)[O-])c3)ccnc12. The van der Waals surface area contributed by atoms with Gasteiger partial charge >= 0.3 is 0 Å². The van der Waals surface area contributed by atoms with Gasteiger partial charge in [0.25, 0.3) is 5.69 Å². The van der Waals surface area contributed by atoms with Crippen LogP contribution in [0.4, 0.5) is 5.69 Å². The van der Waals surface area contributed by atoms with E-state index in [0.717, 1.165) is 0 Å². The average Bonchev–Trinajstić information content (AvgIpc) is 2.90. The molecule has 3 rings (SSSR count). The summed E-state index contributed by atoms with van der Waals surface area (Å²) in [4.78, 5) is 14.5. The number of hydrogen-bond acceptors (Lipinski definition) is 5. The van der Waals surface area contributed by atoms with Crippen LogP contribution in [0.1, 0.15) is 5.56 Å². The summed E-state index contributed by atoms with van der Waals surface area (Å²) in [6, 6.07) is 9.93. The Morgan fingerprint density at radius 2 is 2.20 bits per heavy atom. The second-order valence-electron chi connectivity index (χ2n) is 4.04. The predicted molar refractivity (Wildman–Crippen MR) is 69.8 cm³/mol. The second kappa shape index (κ2) is 4.44. The Kier molecular flexibility index (Phi) is 2.62. The average molecular weight is 265 g/mol. The summed E-state index contributed by atoms with van der Waals surface area (Å²) in [5, 5.41) is 23.9. The Balaban J connectivity index is 2.25. The maximum atomic E-state index is 10.8. The monoisotopic (exact) mass is 265 g/mol. The first kappa shape index (κ1) is 11.8. The van der Waals surface area contributed by atoms with Crippen LogP contribution in [0.25, 0.3) is 16.9 Å². The summed E-state index contributed by atoms with van der Waals surface area (Å²) in [5.74, 6) is 0. The van der Waals surface area contributed by atoms with Crippen molar-refractivity contribution in [1.29, 1.82) is 5.26 Å². The topological polar surface area (TPSA) is 97.1 Å². The molecule has 7 heteroatoms. The molecule has 0 bridgehead atoms. The van der Waals surface area contributed by atoms with Crippen molar-refractivity contribution in [3.8, 4) is 17.3 Å². The molecule has 0 saturated heterocycles. The third-order valence-electron chi connectivity index (χ3n) is 2.87. The summed E-state index contributed by atoms with van der Waals surface area (Å²) in [5.41, 5.74) is 2.06. The molecule has 0 aliphatic heterocycles. The van der Waals surface area contributed by atoms with Crippen LogP contribution in [-0.2, 0) is 0 Å². The van der Waals surface area contributed by atoms with E-state index >= 15 is 0 Å². The minimum atomic E-state index is -0.453. The highest BCUT2D eigenvalue weighted by Gasteiger charge is 2.12. The molecule has 0 fully saturated rings. The molecular formula is C13H7N5O2. The van der Waals surface area contributed by atoms with Crippen molar-refractivity contribution in [2.45, 2.75) is 0 Å². The van der Waals surface area contributed by atoms with E-state index in [4.69, 9.17) is 5.26 Å². The molecule has 0 aliphatic rings. The summed E-state index contributed by atoms with van der Waals surface area (Å²) in [7, 11) is 0. The van der Waals surface area contributed by atoms with Crippen molar-refractivity contribution in [3.63, 3.8) is 0 Å². The van der Waals surface area contributed by atoms with Crippen molar-refractivity contribution in [2.24, 2.45) is 0 Å². The minimum Gasteiger partial charge on any atom is -0.258 e. The third kappa shape index (κ3) is 1.76. The Morgan fingerprint density at radius 3 is 2.95 bits per heavy atom. The number of nitro benzene ring substituents is 1. The van der Waals surface area contributed by atoms with Crippen LogP contribution in [0.15, 0.2) is 42.7 Å². The van der Waals surface area contributed by atoms with Gasteiger partial charge in [0.2, 0.25) is 0 Å². The zero-order valence-electron chi connectivity index (χ0n) is 10.1. The number of benzene rings is 1. The van der Waals surface area contributed by atoms with Crippen molar-refractivity contribution in [1.82, 2.24) is 14.6 Å². The molecule has 0 radical (unpaired) electrons. The van der Waals surface area contributed by atoms with Gasteiger partial charge in [0, 0.05) is 23.9 Å². The van der Waals surface area contributed by atoms with Gasteiger partial charge in [0.05, 0.1) is 16.8 Å². The standard InChI is InChI=1S/C13H7N5O2/c14-7-10-8-16-17-12(4-5-15-13(10)17)9-2-1-3-11(6-9)18(19)20/h1-6,8H. The van der Waals surface area contributed by atoms with Gasteiger partial charge in [-0.1, -0.05) is 12.1 Å². The van der Waals surface area contributed by atoms with Gasteiger partial charge in [-0.2, -0.15) is 10.4 Å². The molecule has 20 heavy (non-hydrogen) atoms. The zero-order valence-corrected chi connectivity index (χ0v) is 10.1. The van der Waals surface area contributed by atoms with E-state index in [1.165, 1.54) is 22.8 Å². The Labute approximate surface area is 112 Å². The quantitative estimate of drug-likeness (QED) is 0.522. The van der Waals surface area contributed by atoms with Crippen LogP contribution in [0, 0.1) is 21.4 Å². The first-order valence-electron chi connectivity index (χ1n) is 5.68. The molecular weight excluding hydrogens is 258 g/mol. The molecule has 2 heterocycles. The molecule has 3 aromatic rings. The molecule has 0 atom stereocenters. The Bertz CT molecular complexity index is 863. The van der Waals surface area contributed by atoms with E-state index in [-0.39, 0.29) is 5.69 Å². The number of hydrogen-bond donors (Lipinski definition) is 0. The van der Waals surface area contributed by atoms with Crippen LogP contribution in [0.5, 0.6) is 0 Å². The zero-order chi connectivity index (χ0) is 14.1.